The van der Waals surface area contributed by atoms with Crippen LogP contribution >= 0.6 is 0 Å². The minimum absolute atomic E-state index is 0.0706. The van der Waals surface area contributed by atoms with Gasteiger partial charge in [0, 0.05) is 13.6 Å². The lowest BCUT2D eigenvalue weighted by Gasteiger charge is -2.18. The van der Waals surface area contributed by atoms with Crippen molar-refractivity contribution in [1.29, 1.82) is 0 Å². The van der Waals surface area contributed by atoms with Crippen LogP contribution in [0.1, 0.15) is 17.5 Å². The number of amidine groups is 1. The Morgan fingerprint density at radius 1 is 1.47 bits per heavy atom. The second kappa shape index (κ2) is 5.89. The summed E-state index contributed by atoms with van der Waals surface area (Å²) in [5.41, 5.74) is 7.51. The molecule has 0 saturated carbocycles. The summed E-state index contributed by atoms with van der Waals surface area (Å²) < 4.78 is 0. The molecule has 1 rings (SSSR count). The maximum absolute atomic E-state index is 11.7. The number of carbonyl (C=O) groups is 1. The number of carbonyl (C=O) groups excluding carboxylic acids is 1. The van der Waals surface area contributed by atoms with Crippen LogP contribution in [0, 0.1) is 6.92 Å². The van der Waals surface area contributed by atoms with Crippen molar-refractivity contribution in [3.8, 4) is 0 Å². The Morgan fingerprint density at radius 2 is 2.12 bits per heavy atom. The highest BCUT2D eigenvalue weighted by Gasteiger charge is 2.12. The van der Waals surface area contributed by atoms with Crippen molar-refractivity contribution in [2.75, 3.05) is 7.05 Å². The van der Waals surface area contributed by atoms with Gasteiger partial charge in [-0.25, -0.2) is 0 Å². The van der Waals surface area contributed by atoms with Gasteiger partial charge in [0.05, 0.1) is 6.42 Å². The van der Waals surface area contributed by atoms with Gasteiger partial charge in [0.25, 0.3) is 0 Å². The van der Waals surface area contributed by atoms with Crippen LogP contribution in [0.5, 0.6) is 0 Å². The topological polar surface area (TPSA) is 78.9 Å². The zero-order valence-electron chi connectivity index (χ0n) is 10.1. The van der Waals surface area contributed by atoms with E-state index in [4.69, 9.17) is 10.9 Å². The fourth-order valence-electron chi connectivity index (χ4n) is 1.46. The SMILES string of the molecule is Cc1ccccc1CN(C)C(=O)CC(N)=NO. The molecule has 1 aromatic carbocycles. The number of aryl methyl sites for hydroxylation is 1. The molecule has 92 valence electrons. The van der Waals surface area contributed by atoms with E-state index >= 15 is 0 Å². The Hall–Kier alpha value is -2.04. The van der Waals surface area contributed by atoms with Gasteiger partial charge in [-0.05, 0) is 18.1 Å². The first-order valence-electron chi connectivity index (χ1n) is 5.29. The van der Waals surface area contributed by atoms with Gasteiger partial charge in [-0.3, -0.25) is 4.79 Å². The average molecular weight is 235 g/mol. The molecule has 5 nitrogen and oxygen atoms in total. The Labute approximate surface area is 101 Å². The molecule has 0 aromatic heterocycles. The summed E-state index contributed by atoms with van der Waals surface area (Å²) in [5.74, 6) is -0.254. The monoisotopic (exact) mass is 235 g/mol. The number of benzene rings is 1. The molecule has 0 fully saturated rings. The van der Waals surface area contributed by atoms with Gasteiger partial charge >= 0.3 is 0 Å². The van der Waals surface area contributed by atoms with E-state index in [1.54, 1.807) is 11.9 Å². The van der Waals surface area contributed by atoms with Crippen LogP contribution in [0.25, 0.3) is 0 Å². The van der Waals surface area contributed by atoms with Gasteiger partial charge in [-0.2, -0.15) is 0 Å². The third-order valence-corrected chi connectivity index (χ3v) is 2.56. The van der Waals surface area contributed by atoms with Crippen LogP contribution in [0.3, 0.4) is 0 Å². The van der Waals surface area contributed by atoms with Crippen molar-refractivity contribution in [1.82, 2.24) is 4.90 Å². The van der Waals surface area contributed by atoms with Crippen molar-refractivity contribution < 1.29 is 10.0 Å². The standard InChI is InChI=1S/C12H17N3O2/c1-9-5-3-4-6-10(9)8-15(2)12(16)7-11(13)14-17/h3-6,17H,7-8H2,1-2H3,(H2,13,14). The second-order valence-corrected chi connectivity index (χ2v) is 3.94. The summed E-state index contributed by atoms with van der Waals surface area (Å²) in [6.07, 6.45) is -0.0706. The van der Waals surface area contributed by atoms with Gasteiger partial charge in [0.1, 0.15) is 5.84 Å². The molecular weight excluding hydrogens is 218 g/mol. The molecule has 5 heteroatoms. The summed E-state index contributed by atoms with van der Waals surface area (Å²) >= 11 is 0. The van der Waals surface area contributed by atoms with Gasteiger partial charge < -0.3 is 15.8 Å². The Bertz CT molecular complexity index is 430. The quantitative estimate of drug-likeness (QED) is 0.355. The largest absolute Gasteiger partial charge is 0.409 e. The third kappa shape index (κ3) is 3.79. The maximum atomic E-state index is 11.7. The molecule has 0 unspecified atom stereocenters. The first-order chi connectivity index (χ1) is 8.04. The number of amides is 1. The molecular formula is C12H17N3O2. The predicted molar refractivity (Wildman–Crippen MR) is 65.7 cm³/mol. The zero-order chi connectivity index (χ0) is 12.8. The number of oxime groups is 1. The summed E-state index contributed by atoms with van der Waals surface area (Å²) in [6, 6.07) is 7.86. The summed E-state index contributed by atoms with van der Waals surface area (Å²) in [5, 5.41) is 11.2. The molecule has 0 aliphatic carbocycles. The molecule has 1 aromatic rings. The molecule has 1 amide bonds. The number of hydrogen-bond acceptors (Lipinski definition) is 3. The highest BCUT2D eigenvalue weighted by atomic mass is 16.4. The fourth-order valence-corrected chi connectivity index (χ4v) is 1.46. The smallest absolute Gasteiger partial charge is 0.230 e. The lowest BCUT2D eigenvalue weighted by Crippen LogP contribution is -2.30. The molecule has 0 atom stereocenters. The van der Waals surface area contributed by atoms with Crippen LogP contribution in [0.15, 0.2) is 29.4 Å². The Balaban J connectivity index is 2.63. The molecule has 17 heavy (non-hydrogen) atoms. The highest BCUT2D eigenvalue weighted by Crippen LogP contribution is 2.09. The van der Waals surface area contributed by atoms with Crippen molar-refractivity contribution in [3.05, 3.63) is 35.4 Å². The van der Waals surface area contributed by atoms with E-state index in [1.165, 1.54) is 0 Å². The Morgan fingerprint density at radius 3 is 2.71 bits per heavy atom. The van der Waals surface area contributed by atoms with Crippen LogP contribution in [0.4, 0.5) is 0 Å². The highest BCUT2D eigenvalue weighted by molar-refractivity contribution is 5.98. The first kappa shape index (κ1) is 13.0. The van der Waals surface area contributed by atoms with Gasteiger partial charge in [-0.15, -0.1) is 0 Å². The number of nitrogens with two attached hydrogens (primary N) is 1. The minimum Gasteiger partial charge on any atom is -0.409 e. The zero-order valence-corrected chi connectivity index (χ0v) is 10.1. The first-order valence-corrected chi connectivity index (χ1v) is 5.29. The lowest BCUT2D eigenvalue weighted by atomic mass is 10.1. The van der Waals surface area contributed by atoms with E-state index in [0.29, 0.717) is 6.54 Å². The van der Waals surface area contributed by atoms with Crippen LogP contribution < -0.4 is 5.73 Å². The molecule has 0 bridgehead atoms. The average Bonchev–Trinajstić information content (AvgIpc) is 2.31. The lowest BCUT2D eigenvalue weighted by molar-refractivity contribution is -0.129. The molecule has 0 aliphatic rings. The van der Waals surface area contributed by atoms with Crippen molar-refractivity contribution in [2.24, 2.45) is 10.9 Å². The number of rotatable bonds is 4. The number of nitrogens with zero attached hydrogens (tertiary/aromatic N) is 2. The van der Waals surface area contributed by atoms with Crippen LogP contribution in [-0.4, -0.2) is 28.9 Å². The molecule has 0 heterocycles. The molecule has 0 aliphatic heterocycles. The minimum atomic E-state index is -0.177. The van der Waals surface area contributed by atoms with Crippen molar-refractivity contribution >= 4 is 11.7 Å². The molecule has 0 saturated heterocycles. The van der Waals surface area contributed by atoms with Crippen molar-refractivity contribution in [3.63, 3.8) is 0 Å². The summed E-state index contributed by atoms with van der Waals surface area (Å²) in [4.78, 5) is 13.2. The fraction of sp³-hybridized carbons (Fsp3) is 0.333. The molecule has 0 radical (unpaired) electrons. The number of hydrogen-bond donors (Lipinski definition) is 2. The normalized spacial score (nSPS) is 11.3. The van der Waals surface area contributed by atoms with Crippen LogP contribution in [-0.2, 0) is 11.3 Å². The molecule has 0 spiro atoms. The van der Waals surface area contributed by atoms with E-state index in [0.717, 1.165) is 11.1 Å². The molecule has 3 N–H and O–H groups in total. The Kier molecular flexibility index (Phi) is 4.51. The van der Waals surface area contributed by atoms with Gasteiger partial charge in [-0.1, -0.05) is 29.4 Å². The van der Waals surface area contributed by atoms with E-state index in [9.17, 15) is 4.79 Å². The summed E-state index contributed by atoms with van der Waals surface area (Å²) in [6.45, 7) is 2.52. The maximum Gasteiger partial charge on any atom is 0.230 e. The van der Waals surface area contributed by atoms with E-state index in [-0.39, 0.29) is 18.2 Å². The summed E-state index contributed by atoms with van der Waals surface area (Å²) in [7, 11) is 1.69. The van der Waals surface area contributed by atoms with E-state index in [1.807, 2.05) is 31.2 Å². The van der Waals surface area contributed by atoms with Crippen molar-refractivity contribution in [2.45, 2.75) is 19.9 Å². The van der Waals surface area contributed by atoms with Gasteiger partial charge in [0.15, 0.2) is 0 Å². The predicted octanol–water partition coefficient (Wildman–Crippen LogP) is 1.09. The third-order valence-electron chi connectivity index (χ3n) is 2.56. The van der Waals surface area contributed by atoms with Gasteiger partial charge in [0.2, 0.25) is 5.91 Å². The van der Waals surface area contributed by atoms with E-state index < -0.39 is 0 Å². The second-order valence-electron chi connectivity index (χ2n) is 3.94. The van der Waals surface area contributed by atoms with E-state index in [2.05, 4.69) is 5.16 Å². The van der Waals surface area contributed by atoms with Crippen LogP contribution in [0.2, 0.25) is 0 Å².